The standard InChI is InChI=1S/C23H23N3O3/c1-17(27)26(2)15-19-9-6-10-21(13-19)25-23(28)20-11-12-24-22(14-20)29-16-18-7-4-3-5-8-18/h3-14H,15-16H2,1-2H3,(H,25,28). The Hall–Kier alpha value is -3.67. The van der Waals surface area contributed by atoms with Crippen LogP contribution in [0.5, 0.6) is 5.88 Å². The highest BCUT2D eigenvalue weighted by molar-refractivity contribution is 6.04. The lowest BCUT2D eigenvalue weighted by Crippen LogP contribution is -2.23. The molecule has 1 heterocycles. The molecule has 0 bridgehead atoms. The fourth-order valence-corrected chi connectivity index (χ4v) is 2.70. The first kappa shape index (κ1) is 20.1. The molecule has 0 aliphatic heterocycles. The summed E-state index contributed by atoms with van der Waals surface area (Å²) in [5.41, 5.74) is 3.07. The maximum atomic E-state index is 12.6. The largest absolute Gasteiger partial charge is 0.473 e. The van der Waals surface area contributed by atoms with Crippen molar-refractivity contribution in [3.05, 3.63) is 89.6 Å². The number of ether oxygens (including phenoxy) is 1. The molecule has 2 aromatic carbocycles. The van der Waals surface area contributed by atoms with Gasteiger partial charge in [-0.2, -0.15) is 0 Å². The zero-order valence-electron chi connectivity index (χ0n) is 16.5. The van der Waals surface area contributed by atoms with E-state index in [0.717, 1.165) is 11.1 Å². The van der Waals surface area contributed by atoms with E-state index in [1.165, 1.54) is 6.92 Å². The van der Waals surface area contributed by atoms with E-state index in [1.807, 2.05) is 54.6 Å². The van der Waals surface area contributed by atoms with Crippen LogP contribution in [0, 0.1) is 0 Å². The van der Waals surface area contributed by atoms with E-state index in [0.29, 0.717) is 30.3 Å². The van der Waals surface area contributed by atoms with E-state index in [4.69, 9.17) is 4.74 Å². The van der Waals surface area contributed by atoms with Gasteiger partial charge in [-0.25, -0.2) is 4.98 Å². The van der Waals surface area contributed by atoms with Gasteiger partial charge in [0.05, 0.1) is 0 Å². The van der Waals surface area contributed by atoms with Gasteiger partial charge in [-0.3, -0.25) is 9.59 Å². The number of carbonyl (C=O) groups excluding carboxylic acids is 2. The van der Waals surface area contributed by atoms with Gasteiger partial charge in [0, 0.05) is 44.0 Å². The number of pyridine rings is 1. The van der Waals surface area contributed by atoms with Crippen molar-refractivity contribution in [1.29, 1.82) is 0 Å². The molecule has 3 aromatic rings. The predicted octanol–water partition coefficient (Wildman–Crippen LogP) is 3.89. The van der Waals surface area contributed by atoms with Gasteiger partial charge in [-0.1, -0.05) is 42.5 Å². The predicted molar refractivity (Wildman–Crippen MR) is 112 cm³/mol. The molecule has 0 atom stereocenters. The fourth-order valence-electron chi connectivity index (χ4n) is 2.70. The van der Waals surface area contributed by atoms with Crippen molar-refractivity contribution in [2.75, 3.05) is 12.4 Å². The molecule has 3 rings (SSSR count). The molecule has 0 aliphatic rings. The number of anilines is 1. The molecule has 0 unspecified atom stereocenters. The van der Waals surface area contributed by atoms with Crippen LogP contribution in [0.3, 0.4) is 0 Å². The van der Waals surface area contributed by atoms with E-state index in [1.54, 1.807) is 30.3 Å². The van der Waals surface area contributed by atoms with Gasteiger partial charge >= 0.3 is 0 Å². The van der Waals surface area contributed by atoms with E-state index >= 15 is 0 Å². The normalized spacial score (nSPS) is 10.3. The second-order valence-corrected chi connectivity index (χ2v) is 6.69. The average Bonchev–Trinajstić information content (AvgIpc) is 2.73. The lowest BCUT2D eigenvalue weighted by atomic mass is 10.1. The number of benzene rings is 2. The number of hydrogen-bond acceptors (Lipinski definition) is 4. The topological polar surface area (TPSA) is 71.5 Å². The highest BCUT2D eigenvalue weighted by atomic mass is 16.5. The first-order valence-electron chi connectivity index (χ1n) is 9.26. The number of rotatable bonds is 7. The Morgan fingerprint density at radius 1 is 1.00 bits per heavy atom. The molecule has 29 heavy (non-hydrogen) atoms. The van der Waals surface area contributed by atoms with E-state index in [9.17, 15) is 9.59 Å². The molecule has 2 amide bonds. The molecule has 0 spiro atoms. The summed E-state index contributed by atoms with van der Waals surface area (Å²) in [4.78, 5) is 29.8. The third-order valence-corrected chi connectivity index (χ3v) is 4.37. The van der Waals surface area contributed by atoms with Gasteiger partial charge in [0.15, 0.2) is 0 Å². The second-order valence-electron chi connectivity index (χ2n) is 6.69. The Bertz CT molecular complexity index is 989. The van der Waals surface area contributed by atoms with Crippen molar-refractivity contribution in [1.82, 2.24) is 9.88 Å². The van der Waals surface area contributed by atoms with Gasteiger partial charge in [0.2, 0.25) is 11.8 Å². The number of carbonyl (C=O) groups is 2. The Morgan fingerprint density at radius 3 is 2.52 bits per heavy atom. The summed E-state index contributed by atoms with van der Waals surface area (Å²) in [6.45, 7) is 2.38. The van der Waals surface area contributed by atoms with Gasteiger partial charge in [0.1, 0.15) is 6.61 Å². The minimum Gasteiger partial charge on any atom is -0.473 e. The maximum absolute atomic E-state index is 12.6. The van der Waals surface area contributed by atoms with Crippen molar-refractivity contribution >= 4 is 17.5 Å². The Morgan fingerprint density at radius 2 is 1.76 bits per heavy atom. The molecule has 1 aromatic heterocycles. The number of aromatic nitrogens is 1. The Balaban J connectivity index is 1.64. The number of hydrogen-bond donors (Lipinski definition) is 1. The fraction of sp³-hybridized carbons (Fsp3) is 0.174. The van der Waals surface area contributed by atoms with Crippen LogP contribution in [0.15, 0.2) is 72.9 Å². The van der Waals surface area contributed by atoms with Crippen LogP contribution < -0.4 is 10.1 Å². The molecular formula is C23H23N3O3. The molecule has 0 saturated carbocycles. The van der Waals surface area contributed by atoms with E-state index < -0.39 is 0 Å². The first-order valence-corrected chi connectivity index (χ1v) is 9.26. The van der Waals surface area contributed by atoms with Gasteiger partial charge in [0.25, 0.3) is 5.91 Å². The van der Waals surface area contributed by atoms with Crippen molar-refractivity contribution in [2.24, 2.45) is 0 Å². The van der Waals surface area contributed by atoms with Gasteiger partial charge < -0.3 is 15.0 Å². The first-order chi connectivity index (χ1) is 14.0. The monoisotopic (exact) mass is 389 g/mol. The van der Waals surface area contributed by atoms with Gasteiger partial charge in [-0.15, -0.1) is 0 Å². The van der Waals surface area contributed by atoms with E-state index in [2.05, 4.69) is 10.3 Å². The second kappa shape index (κ2) is 9.50. The molecular weight excluding hydrogens is 366 g/mol. The minimum atomic E-state index is -0.256. The van der Waals surface area contributed by atoms with Crippen molar-refractivity contribution < 1.29 is 14.3 Å². The van der Waals surface area contributed by atoms with Crippen molar-refractivity contribution in [3.63, 3.8) is 0 Å². The lowest BCUT2D eigenvalue weighted by Gasteiger charge is -2.15. The van der Waals surface area contributed by atoms with Gasteiger partial charge in [-0.05, 0) is 29.3 Å². The van der Waals surface area contributed by atoms with Crippen LogP contribution in [-0.4, -0.2) is 28.7 Å². The van der Waals surface area contributed by atoms with Crippen LogP contribution in [-0.2, 0) is 17.9 Å². The van der Waals surface area contributed by atoms with E-state index in [-0.39, 0.29) is 11.8 Å². The molecule has 0 saturated heterocycles. The highest BCUT2D eigenvalue weighted by Crippen LogP contribution is 2.16. The minimum absolute atomic E-state index is 0.0146. The smallest absolute Gasteiger partial charge is 0.255 e. The molecule has 6 heteroatoms. The Labute approximate surface area is 170 Å². The number of nitrogens with zero attached hydrogens (tertiary/aromatic N) is 2. The summed E-state index contributed by atoms with van der Waals surface area (Å²) in [5.74, 6) is 0.117. The van der Waals surface area contributed by atoms with Crippen LogP contribution >= 0.6 is 0 Å². The van der Waals surface area contributed by atoms with Crippen molar-refractivity contribution in [2.45, 2.75) is 20.1 Å². The zero-order chi connectivity index (χ0) is 20.6. The highest BCUT2D eigenvalue weighted by Gasteiger charge is 2.10. The quantitative estimate of drug-likeness (QED) is 0.665. The Kier molecular flexibility index (Phi) is 6.58. The number of amides is 2. The lowest BCUT2D eigenvalue weighted by molar-refractivity contribution is -0.128. The molecule has 0 aliphatic carbocycles. The summed E-state index contributed by atoms with van der Waals surface area (Å²) in [6, 6.07) is 20.4. The van der Waals surface area contributed by atoms with Crippen LogP contribution in [0.1, 0.15) is 28.4 Å². The van der Waals surface area contributed by atoms with Crippen LogP contribution in [0.4, 0.5) is 5.69 Å². The van der Waals surface area contributed by atoms with Crippen LogP contribution in [0.25, 0.3) is 0 Å². The molecule has 148 valence electrons. The SMILES string of the molecule is CC(=O)N(C)Cc1cccc(NC(=O)c2ccnc(OCc3ccccc3)c2)c1. The summed E-state index contributed by atoms with van der Waals surface area (Å²) < 4.78 is 5.69. The van der Waals surface area contributed by atoms with Crippen LogP contribution in [0.2, 0.25) is 0 Å². The molecule has 0 fully saturated rings. The molecule has 1 N–H and O–H groups in total. The molecule has 6 nitrogen and oxygen atoms in total. The van der Waals surface area contributed by atoms with Crippen molar-refractivity contribution in [3.8, 4) is 5.88 Å². The maximum Gasteiger partial charge on any atom is 0.255 e. The summed E-state index contributed by atoms with van der Waals surface area (Å²) >= 11 is 0. The summed E-state index contributed by atoms with van der Waals surface area (Å²) in [7, 11) is 1.74. The summed E-state index contributed by atoms with van der Waals surface area (Å²) in [5, 5.41) is 2.88. The molecule has 0 radical (unpaired) electrons. The third-order valence-electron chi connectivity index (χ3n) is 4.37. The summed E-state index contributed by atoms with van der Waals surface area (Å²) in [6.07, 6.45) is 1.55. The number of nitrogens with one attached hydrogen (secondary N) is 1. The zero-order valence-corrected chi connectivity index (χ0v) is 16.5. The third kappa shape index (κ3) is 5.90. The average molecular weight is 389 g/mol.